The molecule has 132 valence electrons. The largest absolute Gasteiger partial charge is 0.378 e. The SMILES string of the molecule is CN(C)c1ccc(C(=O)NCc2ccccc2CN2CCCC2)cc1. The predicted octanol–water partition coefficient (Wildman–Crippen LogP) is 3.28. The zero-order valence-corrected chi connectivity index (χ0v) is 15.2. The Morgan fingerprint density at radius 3 is 2.28 bits per heavy atom. The summed E-state index contributed by atoms with van der Waals surface area (Å²) in [6, 6.07) is 16.1. The maximum Gasteiger partial charge on any atom is 0.251 e. The fourth-order valence-corrected chi connectivity index (χ4v) is 3.25. The van der Waals surface area contributed by atoms with E-state index < -0.39 is 0 Å². The summed E-state index contributed by atoms with van der Waals surface area (Å²) in [5.41, 5.74) is 4.30. The minimum absolute atomic E-state index is 0.0266. The topological polar surface area (TPSA) is 35.6 Å². The first-order valence-corrected chi connectivity index (χ1v) is 8.98. The van der Waals surface area contributed by atoms with Crippen LogP contribution in [0, 0.1) is 0 Å². The van der Waals surface area contributed by atoms with Crippen LogP contribution in [0.15, 0.2) is 48.5 Å². The number of hydrogen-bond acceptors (Lipinski definition) is 3. The number of nitrogens with zero attached hydrogens (tertiary/aromatic N) is 2. The predicted molar refractivity (Wildman–Crippen MR) is 103 cm³/mol. The summed E-state index contributed by atoms with van der Waals surface area (Å²) in [7, 11) is 3.98. The molecule has 2 aromatic carbocycles. The fraction of sp³-hybridized carbons (Fsp3) is 0.381. The number of hydrogen-bond donors (Lipinski definition) is 1. The molecule has 0 aliphatic carbocycles. The molecule has 4 nitrogen and oxygen atoms in total. The highest BCUT2D eigenvalue weighted by molar-refractivity contribution is 5.94. The lowest BCUT2D eigenvalue weighted by atomic mass is 10.1. The van der Waals surface area contributed by atoms with Crippen molar-refractivity contribution in [1.82, 2.24) is 10.2 Å². The number of likely N-dealkylation sites (tertiary alicyclic amines) is 1. The molecule has 0 saturated carbocycles. The zero-order valence-electron chi connectivity index (χ0n) is 15.2. The van der Waals surface area contributed by atoms with Crippen molar-refractivity contribution in [2.45, 2.75) is 25.9 Å². The molecule has 0 spiro atoms. The second-order valence-electron chi connectivity index (χ2n) is 6.88. The van der Waals surface area contributed by atoms with Crippen molar-refractivity contribution < 1.29 is 4.79 Å². The van der Waals surface area contributed by atoms with Gasteiger partial charge in [-0.05, 0) is 61.3 Å². The van der Waals surface area contributed by atoms with Crippen LogP contribution < -0.4 is 10.2 Å². The number of benzene rings is 2. The van der Waals surface area contributed by atoms with E-state index in [2.05, 4.69) is 28.4 Å². The molecule has 0 bridgehead atoms. The van der Waals surface area contributed by atoms with E-state index >= 15 is 0 Å². The van der Waals surface area contributed by atoms with Crippen LogP contribution in [0.3, 0.4) is 0 Å². The third kappa shape index (κ3) is 4.60. The van der Waals surface area contributed by atoms with Crippen molar-refractivity contribution in [2.75, 3.05) is 32.1 Å². The van der Waals surface area contributed by atoms with Gasteiger partial charge in [0, 0.05) is 38.4 Å². The molecule has 25 heavy (non-hydrogen) atoms. The molecule has 1 aliphatic rings. The van der Waals surface area contributed by atoms with E-state index in [4.69, 9.17) is 0 Å². The van der Waals surface area contributed by atoms with Crippen LogP contribution in [0.1, 0.15) is 34.3 Å². The smallest absolute Gasteiger partial charge is 0.251 e. The van der Waals surface area contributed by atoms with Gasteiger partial charge in [0.2, 0.25) is 0 Å². The summed E-state index contributed by atoms with van der Waals surface area (Å²) in [5, 5.41) is 3.06. The average Bonchev–Trinajstić information content (AvgIpc) is 3.14. The normalized spacial score (nSPS) is 14.5. The van der Waals surface area contributed by atoms with E-state index in [1.165, 1.54) is 37.1 Å². The van der Waals surface area contributed by atoms with Crippen LogP contribution in [-0.4, -0.2) is 38.0 Å². The maximum absolute atomic E-state index is 12.4. The van der Waals surface area contributed by atoms with E-state index in [1.54, 1.807) is 0 Å². The van der Waals surface area contributed by atoms with Crippen molar-refractivity contribution in [3.63, 3.8) is 0 Å². The van der Waals surface area contributed by atoms with Gasteiger partial charge in [0.1, 0.15) is 0 Å². The maximum atomic E-state index is 12.4. The van der Waals surface area contributed by atoms with Gasteiger partial charge in [0.15, 0.2) is 0 Å². The second kappa shape index (κ2) is 8.17. The van der Waals surface area contributed by atoms with Gasteiger partial charge in [0.05, 0.1) is 0 Å². The monoisotopic (exact) mass is 337 g/mol. The highest BCUT2D eigenvalue weighted by atomic mass is 16.1. The van der Waals surface area contributed by atoms with E-state index in [9.17, 15) is 4.79 Å². The number of carbonyl (C=O) groups excluding carboxylic acids is 1. The van der Waals surface area contributed by atoms with Gasteiger partial charge in [-0.1, -0.05) is 24.3 Å². The number of carbonyl (C=O) groups is 1. The summed E-state index contributed by atoms with van der Waals surface area (Å²) in [6.07, 6.45) is 2.59. The molecule has 1 saturated heterocycles. The lowest BCUT2D eigenvalue weighted by Crippen LogP contribution is -2.25. The lowest BCUT2D eigenvalue weighted by Gasteiger charge is -2.18. The van der Waals surface area contributed by atoms with Crippen molar-refractivity contribution in [3.05, 3.63) is 65.2 Å². The van der Waals surface area contributed by atoms with Crippen LogP contribution in [0.5, 0.6) is 0 Å². The molecule has 1 fully saturated rings. The summed E-state index contributed by atoms with van der Waals surface area (Å²) in [5.74, 6) is -0.0266. The molecule has 1 heterocycles. The molecule has 4 heteroatoms. The van der Waals surface area contributed by atoms with E-state index in [-0.39, 0.29) is 5.91 Å². The molecule has 2 aromatic rings. The minimum Gasteiger partial charge on any atom is -0.378 e. The molecule has 0 aromatic heterocycles. The minimum atomic E-state index is -0.0266. The fourth-order valence-electron chi connectivity index (χ4n) is 3.25. The van der Waals surface area contributed by atoms with Gasteiger partial charge >= 0.3 is 0 Å². The van der Waals surface area contributed by atoms with Crippen LogP contribution in [-0.2, 0) is 13.1 Å². The van der Waals surface area contributed by atoms with E-state index in [0.29, 0.717) is 12.1 Å². The van der Waals surface area contributed by atoms with Crippen LogP contribution in [0.4, 0.5) is 5.69 Å². The van der Waals surface area contributed by atoms with E-state index in [0.717, 1.165) is 12.2 Å². The molecule has 3 rings (SSSR count). The molecule has 0 unspecified atom stereocenters. The Morgan fingerprint density at radius 2 is 1.64 bits per heavy atom. The number of amides is 1. The summed E-state index contributed by atoms with van der Waals surface area (Å²) in [4.78, 5) is 16.9. The first-order valence-electron chi connectivity index (χ1n) is 8.98. The average molecular weight is 337 g/mol. The molecule has 1 aliphatic heterocycles. The number of rotatable bonds is 6. The van der Waals surface area contributed by atoms with Gasteiger partial charge in [0.25, 0.3) is 5.91 Å². The Hall–Kier alpha value is -2.33. The highest BCUT2D eigenvalue weighted by Gasteiger charge is 2.14. The first-order chi connectivity index (χ1) is 12.1. The third-order valence-corrected chi connectivity index (χ3v) is 4.80. The van der Waals surface area contributed by atoms with Crippen LogP contribution in [0.2, 0.25) is 0 Å². The van der Waals surface area contributed by atoms with Gasteiger partial charge in [-0.3, -0.25) is 9.69 Å². The highest BCUT2D eigenvalue weighted by Crippen LogP contribution is 2.17. The Balaban J connectivity index is 1.61. The summed E-state index contributed by atoms with van der Waals surface area (Å²) >= 11 is 0. The van der Waals surface area contributed by atoms with Crippen molar-refractivity contribution in [2.24, 2.45) is 0 Å². The molecule has 0 atom stereocenters. The molecular weight excluding hydrogens is 310 g/mol. The Labute approximate surface area is 150 Å². The first kappa shape index (κ1) is 17.5. The zero-order chi connectivity index (χ0) is 17.6. The molecule has 0 radical (unpaired) electrons. The number of anilines is 1. The number of nitrogens with one attached hydrogen (secondary N) is 1. The summed E-state index contributed by atoms with van der Waals surface area (Å²) in [6.45, 7) is 3.90. The summed E-state index contributed by atoms with van der Waals surface area (Å²) < 4.78 is 0. The third-order valence-electron chi connectivity index (χ3n) is 4.80. The van der Waals surface area contributed by atoms with Crippen LogP contribution >= 0.6 is 0 Å². The van der Waals surface area contributed by atoms with Gasteiger partial charge in [-0.15, -0.1) is 0 Å². The quantitative estimate of drug-likeness (QED) is 0.879. The molecule has 1 N–H and O–H groups in total. The van der Waals surface area contributed by atoms with Crippen molar-refractivity contribution in [3.8, 4) is 0 Å². The van der Waals surface area contributed by atoms with Crippen molar-refractivity contribution in [1.29, 1.82) is 0 Å². The van der Waals surface area contributed by atoms with Gasteiger partial charge in [-0.2, -0.15) is 0 Å². The second-order valence-corrected chi connectivity index (χ2v) is 6.88. The van der Waals surface area contributed by atoms with E-state index in [1.807, 2.05) is 49.3 Å². The standard InChI is InChI=1S/C21H27N3O/c1-23(2)20-11-9-17(10-12-20)21(25)22-15-18-7-3-4-8-19(18)16-24-13-5-6-14-24/h3-4,7-12H,5-6,13-16H2,1-2H3,(H,22,25). The molecular formula is C21H27N3O. The lowest BCUT2D eigenvalue weighted by molar-refractivity contribution is 0.0951. The van der Waals surface area contributed by atoms with Crippen molar-refractivity contribution >= 4 is 11.6 Å². The van der Waals surface area contributed by atoms with Gasteiger partial charge < -0.3 is 10.2 Å². The Morgan fingerprint density at radius 1 is 1.00 bits per heavy atom. The Kier molecular flexibility index (Phi) is 5.71. The van der Waals surface area contributed by atoms with Gasteiger partial charge in [-0.25, -0.2) is 0 Å². The van der Waals surface area contributed by atoms with Crippen LogP contribution in [0.25, 0.3) is 0 Å². The Bertz CT molecular complexity index is 703. The molecule has 1 amide bonds.